The van der Waals surface area contributed by atoms with Gasteiger partial charge in [-0.1, -0.05) is 37.3 Å². The number of rotatable bonds is 6. The van der Waals surface area contributed by atoms with Crippen LogP contribution in [0.4, 0.5) is 5.82 Å². The number of nitrogens with zero attached hydrogens (tertiary/aromatic N) is 2. The van der Waals surface area contributed by atoms with E-state index in [4.69, 9.17) is 9.84 Å². The Bertz CT molecular complexity index is 967. The summed E-state index contributed by atoms with van der Waals surface area (Å²) in [5.41, 5.74) is 4.10. The second-order valence-corrected chi connectivity index (χ2v) is 7.72. The molecule has 6 heteroatoms. The van der Waals surface area contributed by atoms with Gasteiger partial charge in [-0.25, -0.2) is 4.68 Å². The van der Waals surface area contributed by atoms with Crippen LogP contribution in [-0.2, 0) is 16.3 Å². The molecule has 3 aromatic rings. The molecule has 0 saturated heterocycles. The number of methoxy groups -OCH3 is 1. The summed E-state index contributed by atoms with van der Waals surface area (Å²) in [6.45, 7) is 2.04. The Morgan fingerprint density at radius 2 is 1.93 bits per heavy atom. The molecular weight excluding hydrogens is 370 g/mol. The number of fused-ring (bicyclic) bond motifs is 1. The van der Waals surface area contributed by atoms with E-state index in [0.29, 0.717) is 0 Å². The van der Waals surface area contributed by atoms with Crippen molar-refractivity contribution in [2.75, 3.05) is 12.4 Å². The minimum Gasteiger partial charge on any atom is -0.497 e. The van der Waals surface area contributed by atoms with Gasteiger partial charge in [0.25, 0.3) is 0 Å². The lowest BCUT2D eigenvalue weighted by Gasteiger charge is -2.17. The van der Waals surface area contributed by atoms with E-state index in [0.717, 1.165) is 52.0 Å². The number of ether oxygens (including phenoxy) is 1. The summed E-state index contributed by atoms with van der Waals surface area (Å²) in [4.78, 5) is 13.1. The van der Waals surface area contributed by atoms with Crippen LogP contribution in [0.5, 0.6) is 5.75 Å². The summed E-state index contributed by atoms with van der Waals surface area (Å²) in [7, 11) is 1.65. The molecule has 0 aliphatic carbocycles. The van der Waals surface area contributed by atoms with Gasteiger partial charge in [0.1, 0.15) is 11.6 Å². The highest BCUT2D eigenvalue weighted by Gasteiger charge is 2.27. The largest absolute Gasteiger partial charge is 0.497 e. The Morgan fingerprint density at radius 3 is 2.61 bits per heavy atom. The highest BCUT2D eigenvalue weighted by atomic mass is 32.2. The van der Waals surface area contributed by atoms with E-state index in [1.807, 2.05) is 78.0 Å². The third-order valence-corrected chi connectivity index (χ3v) is 6.01. The van der Waals surface area contributed by atoms with E-state index in [-0.39, 0.29) is 11.8 Å². The molecule has 1 aliphatic rings. The first kappa shape index (κ1) is 18.6. The molecule has 1 atom stereocenters. The third-order valence-electron chi connectivity index (χ3n) is 5.04. The molecule has 0 spiro atoms. The number of carbonyl (C=O) groups is 1. The van der Waals surface area contributed by atoms with Gasteiger partial charge in [0, 0.05) is 17.1 Å². The first-order valence-electron chi connectivity index (χ1n) is 9.40. The number of anilines is 1. The van der Waals surface area contributed by atoms with Crippen LogP contribution < -0.4 is 10.1 Å². The van der Waals surface area contributed by atoms with E-state index >= 15 is 0 Å². The predicted molar refractivity (Wildman–Crippen MR) is 113 cm³/mol. The second kappa shape index (κ2) is 8.10. The molecule has 1 aliphatic heterocycles. The summed E-state index contributed by atoms with van der Waals surface area (Å²) in [6, 6.07) is 17.7. The Labute approximate surface area is 169 Å². The molecule has 1 amide bonds. The van der Waals surface area contributed by atoms with E-state index < -0.39 is 0 Å². The molecule has 0 radical (unpaired) electrons. The average molecular weight is 394 g/mol. The van der Waals surface area contributed by atoms with Crippen molar-refractivity contribution in [2.45, 2.75) is 30.8 Å². The van der Waals surface area contributed by atoms with Crippen LogP contribution in [0.3, 0.4) is 0 Å². The number of aromatic nitrogens is 2. The van der Waals surface area contributed by atoms with Crippen molar-refractivity contribution in [3.63, 3.8) is 0 Å². The standard InChI is InChI=1S/C22H23N3O2S/c1-3-18(15-7-5-4-6-8-15)22(26)23-21-19-13-28-14-20(19)24-25(21)16-9-11-17(27-2)12-10-16/h4-12,18H,3,13-14H2,1-2H3,(H,23,26). The zero-order valence-electron chi connectivity index (χ0n) is 16.0. The lowest BCUT2D eigenvalue weighted by Crippen LogP contribution is -2.23. The first-order valence-corrected chi connectivity index (χ1v) is 10.6. The molecule has 0 fully saturated rings. The Kier molecular flexibility index (Phi) is 5.39. The molecule has 28 heavy (non-hydrogen) atoms. The number of amides is 1. The maximum atomic E-state index is 13.1. The lowest BCUT2D eigenvalue weighted by molar-refractivity contribution is -0.117. The van der Waals surface area contributed by atoms with Crippen molar-refractivity contribution < 1.29 is 9.53 Å². The Hall–Kier alpha value is -2.73. The fraction of sp³-hybridized carbons (Fsp3) is 0.273. The van der Waals surface area contributed by atoms with Crippen molar-refractivity contribution in [2.24, 2.45) is 0 Å². The normalized spacial score (nSPS) is 13.8. The van der Waals surface area contributed by atoms with E-state index in [9.17, 15) is 4.79 Å². The minimum absolute atomic E-state index is 0.00283. The highest BCUT2D eigenvalue weighted by molar-refractivity contribution is 7.98. The van der Waals surface area contributed by atoms with Gasteiger partial charge in [0.2, 0.25) is 5.91 Å². The SMILES string of the molecule is CCC(C(=O)Nc1c2c(nn1-c1ccc(OC)cc1)CSC2)c1ccccc1. The maximum Gasteiger partial charge on any atom is 0.233 e. The molecule has 1 aromatic heterocycles. The van der Waals surface area contributed by atoms with Crippen LogP contribution in [-0.4, -0.2) is 22.8 Å². The summed E-state index contributed by atoms with van der Waals surface area (Å²) in [6.07, 6.45) is 0.740. The molecule has 4 rings (SSSR count). The average Bonchev–Trinajstić information content (AvgIpc) is 3.32. The van der Waals surface area contributed by atoms with Crippen molar-refractivity contribution in [3.05, 3.63) is 71.4 Å². The lowest BCUT2D eigenvalue weighted by atomic mass is 9.95. The van der Waals surface area contributed by atoms with Crippen molar-refractivity contribution >= 4 is 23.5 Å². The topological polar surface area (TPSA) is 56.2 Å². The van der Waals surface area contributed by atoms with Crippen LogP contribution >= 0.6 is 11.8 Å². The second-order valence-electron chi connectivity index (χ2n) is 6.74. The zero-order valence-corrected chi connectivity index (χ0v) is 16.8. The summed E-state index contributed by atoms with van der Waals surface area (Å²) in [5.74, 6) is 3.12. The number of hydrogen-bond acceptors (Lipinski definition) is 4. The minimum atomic E-state index is -0.190. The number of benzene rings is 2. The van der Waals surface area contributed by atoms with Crippen molar-refractivity contribution in [1.29, 1.82) is 0 Å². The number of carbonyl (C=O) groups excluding carboxylic acids is 1. The van der Waals surface area contributed by atoms with Gasteiger partial charge >= 0.3 is 0 Å². The molecule has 0 bridgehead atoms. The molecule has 2 heterocycles. The zero-order chi connectivity index (χ0) is 19.5. The molecule has 1 unspecified atom stereocenters. The molecule has 0 saturated carbocycles. The van der Waals surface area contributed by atoms with Gasteiger partial charge in [-0.2, -0.15) is 16.9 Å². The molecule has 2 aromatic carbocycles. The van der Waals surface area contributed by atoms with Crippen LogP contribution in [0.2, 0.25) is 0 Å². The summed E-state index contributed by atoms with van der Waals surface area (Å²) < 4.78 is 7.10. The van der Waals surface area contributed by atoms with Crippen LogP contribution in [0, 0.1) is 0 Å². The van der Waals surface area contributed by atoms with Crippen LogP contribution in [0.1, 0.15) is 36.1 Å². The maximum absolute atomic E-state index is 13.1. The van der Waals surface area contributed by atoms with Gasteiger partial charge in [-0.05, 0) is 36.2 Å². The third kappa shape index (κ3) is 3.52. The number of nitrogens with one attached hydrogen (secondary N) is 1. The fourth-order valence-electron chi connectivity index (χ4n) is 3.51. The molecule has 1 N–H and O–H groups in total. The predicted octanol–water partition coefficient (Wildman–Crippen LogP) is 4.76. The van der Waals surface area contributed by atoms with Gasteiger partial charge in [0.15, 0.2) is 0 Å². The molecule has 5 nitrogen and oxygen atoms in total. The van der Waals surface area contributed by atoms with Crippen molar-refractivity contribution in [3.8, 4) is 11.4 Å². The van der Waals surface area contributed by atoms with Crippen LogP contribution in [0.25, 0.3) is 5.69 Å². The monoisotopic (exact) mass is 393 g/mol. The van der Waals surface area contributed by atoms with Gasteiger partial charge in [-0.3, -0.25) is 4.79 Å². The first-order chi connectivity index (χ1) is 13.7. The van der Waals surface area contributed by atoms with E-state index in [2.05, 4.69) is 5.32 Å². The van der Waals surface area contributed by atoms with Gasteiger partial charge in [0.05, 0.1) is 24.4 Å². The Balaban J connectivity index is 1.67. The highest BCUT2D eigenvalue weighted by Crippen LogP contribution is 2.37. The summed E-state index contributed by atoms with van der Waals surface area (Å²) >= 11 is 1.82. The molecular formula is C22H23N3O2S. The van der Waals surface area contributed by atoms with Crippen molar-refractivity contribution in [1.82, 2.24) is 9.78 Å². The van der Waals surface area contributed by atoms with Crippen LogP contribution in [0.15, 0.2) is 54.6 Å². The molecule has 144 valence electrons. The Morgan fingerprint density at radius 1 is 1.18 bits per heavy atom. The smallest absolute Gasteiger partial charge is 0.233 e. The fourth-order valence-corrected chi connectivity index (χ4v) is 4.55. The number of thioether (sulfide) groups is 1. The van der Waals surface area contributed by atoms with Gasteiger partial charge in [-0.15, -0.1) is 0 Å². The van der Waals surface area contributed by atoms with Gasteiger partial charge < -0.3 is 10.1 Å². The number of hydrogen-bond donors (Lipinski definition) is 1. The summed E-state index contributed by atoms with van der Waals surface area (Å²) in [5, 5.41) is 7.95. The van der Waals surface area contributed by atoms with E-state index in [1.54, 1.807) is 7.11 Å². The van der Waals surface area contributed by atoms with E-state index in [1.165, 1.54) is 0 Å². The quantitative estimate of drug-likeness (QED) is 0.656.